The van der Waals surface area contributed by atoms with E-state index in [4.69, 9.17) is 4.74 Å². The number of hydrogen-bond acceptors (Lipinski definition) is 7. The van der Waals surface area contributed by atoms with Crippen LogP contribution in [0.2, 0.25) is 0 Å². The predicted octanol–water partition coefficient (Wildman–Crippen LogP) is 2.09. The van der Waals surface area contributed by atoms with Crippen molar-refractivity contribution in [3.05, 3.63) is 63.6 Å². The minimum atomic E-state index is -0.453. The van der Waals surface area contributed by atoms with Crippen LogP contribution in [0.15, 0.2) is 35.4 Å². The first-order valence-electron chi connectivity index (χ1n) is 9.45. The first-order valence-corrected chi connectivity index (χ1v) is 10.4. The number of ether oxygens (including phenoxy) is 1. The minimum Gasteiger partial charge on any atom is -0.461 e. The molecule has 1 amide bonds. The lowest BCUT2D eigenvalue weighted by atomic mass is 10.0. The van der Waals surface area contributed by atoms with Crippen LogP contribution >= 0.6 is 11.3 Å². The fourth-order valence-electron chi connectivity index (χ4n) is 3.45. The van der Waals surface area contributed by atoms with Crippen LogP contribution in [0.1, 0.15) is 39.9 Å². The van der Waals surface area contributed by atoms with Crippen LogP contribution in [0.5, 0.6) is 0 Å². The average Bonchev–Trinajstić information content (AvgIpc) is 3.37. The van der Waals surface area contributed by atoms with Gasteiger partial charge >= 0.3 is 5.97 Å². The van der Waals surface area contributed by atoms with Crippen LogP contribution in [0, 0.1) is 0 Å². The van der Waals surface area contributed by atoms with Gasteiger partial charge in [-0.15, -0.1) is 11.3 Å². The van der Waals surface area contributed by atoms with Crippen LogP contribution in [0.25, 0.3) is 0 Å². The highest BCUT2D eigenvalue weighted by Gasteiger charge is 2.30. The molecule has 0 radical (unpaired) electrons. The van der Waals surface area contributed by atoms with E-state index in [0.29, 0.717) is 31.7 Å². The monoisotopic (exact) mass is 411 g/mol. The third kappa shape index (κ3) is 4.19. The molecule has 0 spiro atoms. The standard InChI is InChI=1S/C20H21N5O3S/c1-2-28-20(27)19-16-11-24(18(26)9-15-12-29-13-22-15)8-5-17(16)25(23-19)10-14-3-6-21-7-4-14/h3-4,6-7,12-13H,2,5,8-11H2,1H3. The Morgan fingerprint density at radius 3 is 2.83 bits per heavy atom. The molecule has 3 aromatic heterocycles. The summed E-state index contributed by atoms with van der Waals surface area (Å²) in [5, 5.41) is 6.43. The Morgan fingerprint density at radius 1 is 1.28 bits per heavy atom. The Balaban J connectivity index is 1.60. The maximum Gasteiger partial charge on any atom is 0.359 e. The van der Waals surface area contributed by atoms with Gasteiger partial charge in [0.15, 0.2) is 5.69 Å². The molecule has 1 aliphatic rings. The lowest BCUT2D eigenvalue weighted by Crippen LogP contribution is -2.37. The second-order valence-electron chi connectivity index (χ2n) is 6.73. The zero-order valence-electron chi connectivity index (χ0n) is 16.1. The number of amides is 1. The van der Waals surface area contributed by atoms with Crippen LogP contribution in [0.3, 0.4) is 0 Å². The summed E-state index contributed by atoms with van der Waals surface area (Å²) in [4.78, 5) is 35.2. The maximum absolute atomic E-state index is 12.7. The summed E-state index contributed by atoms with van der Waals surface area (Å²) < 4.78 is 7.05. The van der Waals surface area contributed by atoms with Gasteiger partial charge in [-0.05, 0) is 24.6 Å². The predicted molar refractivity (Wildman–Crippen MR) is 106 cm³/mol. The van der Waals surface area contributed by atoms with E-state index in [9.17, 15) is 9.59 Å². The first-order chi connectivity index (χ1) is 14.2. The fraction of sp³-hybridized carbons (Fsp3) is 0.350. The molecule has 3 aromatic rings. The molecule has 29 heavy (non-hydrogen) atoms. The number of esters is 1. The molecule has 1 aliphatic heterocycles. The van der Waals surface area contributed by atoms with Gasteiger partial charge in [0.1, 0.15) is 0 Å². The molecule has 4 rings (SSSR count). The van der Waals surface area contributed by atoms with Crippen LogP contribution in [-0.4, -0.2) is 49.7 Å². The smallest absolute Gasteiger partial charge is 0.359 e. The number of nitrogens with zero attached hydrogens (tertiary/aromatic N) is 5. The maximum atomic E-state index is 12.7. The van der Waals surface area contributed by atoms with Gasteiger partial charge in [0.25, 0.3) is 0 Å². The van der Waals surface area contributed by atoms with Gasteiger partial charge in [-0.2, -0.15) is 5.10 Å². The third-order valence-electron chi connectivity index (χ3n) is 4.85. The van der Waals surface area contributed by atoms with Gasteiger partial charge < -0.3 is 9.64 Å². The highest BCUT2D eigenvalue weighted by molar-refractivity contribution is 7.07. The fourth-order valence-corrected chi connectivity index (χ4v) is 4.01. The largest absolute Gasteiger partial charge is 0.461 e. The topological polar surface area (TPSA) is 90.2 Å². The van der Waals surface area contributed by atoms with E-state index in [1.165, 1.54) is 11.3 Å². The van der Waals surface area contributed by atoms with Crippen molar-refractivity contribution >= 4 is 23.2 Å². The zero-order chi connectivity index (χ0) is 20.2. The SMILES string of the molecule is CCOC(=O)c1nn(Cc2ccncc2)c2c1CN(C(=O)Cc1cscn1)CC2. The Kier molecular flexibility index (Phi) is 5.66. The molecule has 0 aromatic carbocycles. The molecule has 0 N–H and O–H groups in total. The molecule has 150 valence electrons. The molecule has 4 heterocycles. The summed E-state index contributed by atoms with van der Waals surface area (Å²) in [6, 6.07) is 3.84. The molecule has 0 fully saturated rings. The Bertz CT molecular complexity index is 1000. The normalized spacial score (nSPS) is 13.2. The molecule has 0 aliphatic carbocycles. The van der Waals surface area contributed by atoms with E-state index in [1.54, 1.807) is 29.7 Å². The molecule has 0 saturated carbocycles. The molecule has 0 saturated heterocycles. The Hall–Kier alpha value is -3.07. The van der Waals surface area contributed by atoms with Crippen LogP contribution in [-0.2, 0) is 35.5 Å². The molecule has 0 bridgehead atoms. The highest BCUT2D eigenvalue weighted by atomic mass is 32.1. The second kappa shape index (κ2) is 8.52. The quantitative estimate of drug-likeness (QED) is 0.577. The number of pyridine rings is 1. The lowest BCUT2D eigenvalue weighted by Gasteiger charge is -2.27. The van der Waals surface area contributed by atoms with Crippen molar-refractivity contribution in [2.75, 3.05) is 13.2 Å². The summed E-state index contributed by atoms with van der Waals surface area (Å²) in [6.45, 7) is 3.51. The van der Waals surface area contributed by atoms with E-state index in [1.807, 2.05) is 22.2 Å². The van der Waals surface area contributed by atoms with Gasteiger partial charge in [-0.25, -0.2) is 9.78 Å². The van der Waals surface area contributed by atoms with Crippen LogP contribution < -0.4 is 0 Å². The van der Waals surface area contributed by atoms with Gasteiger partial charge in [0, 0.05) is 48.5 Å². The molecule has 8 nitrogen and oxygen atoms in total. The third-order valence-corrected chi connectivity index (χ3v) is 5.49. The summed E-state index contributed by atoms with van der Waals surface area (Å²) in [6.07, 6.45) is 4.36. The van der Waals surface area contributed by atoms with E-state index in [-0.39, 0.29) is 18.9 Å². The summed E-state index contributed by atoms with van der Waals surface area (Å²) in [7, 11) is 0. The van der Waals surface area contributed by atoms with E-state index >= 15 is 0 Å². The number of carbonyl (C=O) groups excluding carboxylic acids is 2. The second-order valence-corrected chi connectivity index (χ2v) is 7.45. The summed E-state index contributed by atoms with van der Waals surface area (Å²) >= 11 is 1.47. The van der Waals surface area contributed by atoms with Crippen molar-refractivity contribution < 1.29 is 14.3 Å². The first kappa shape index (κ1) is 19.3. The summed E-state index contributed by atoms with van der Waals surface area (Å²) in [5.74, 6) is -0.454. The lowest BCUT2D eigenvalue weighted by molar-refractivity contribution is -0.131. The van der Waals surface area contributed by atoms with Crippen molar-refractivity contribution in [3.8, 4) is 0 Å². The van der Waals surface area contributed by atoms with Crippen LogP contribution in [0.4, 0.5) is 0 Å². The number of hydrogen-bond donors (Lipinski definition) is 0. The number of thiazole rings is 1. The minimum absolute atomic E-state index is 0.00163. The van der Waals surface area contributed by atoms with E-state index < -0.39 is 5.97 Å². The zero-order valence-corrected chi connectivity index (χ0v) is 16.9. The number of aromatic nitrogens is 4. The van der Waals surface area contributed by atoms with Gasteiger partial charge in [0.05, 0.1) is 30.8 Å². The van der Waals surface area contributed by atoms with E-state index in [0.717, 1.165) is 22.5 Å². The molecular weight excluding hydrogens is 390 g/mol. The van der Waals surface area contributed by atoms with Crippen molar-refractivity contribution in [1.29, 1.82) is 0 Å². The Labute approximate surface area is 172 Å². The number of rotatable bonds is 6. The van der Waals surface area contributed by atoms with Gasteiger partial charge in [-0.1, -0.05) is 0 Å². The Morgan fingerprint density at radius 2 is 2.10 bits per heavy atom. The van der Waals surface area contributed by atoms with Crippen molar-refractivity contribution in [1.82, 2.24) is 24.6 Å². The molecular formula is C20H21N5O3S. The number of fused-ring (bicyclic) bond motifs is 1. The molecule has 0 atom stereocenters. The summed E-state index contributed by atoms with van der Waals surface area (Å²) in [5.41, 5.74) is 5.58. The number of carbonyl (C=O) groups is 2. The molecule has 9 heteroatoms. The van der Waals surface area contributed by atoms with E-state index in [2.05, 4.69) is 15.1 Å². The van der Waals surface area contributed by atoms with Crippen molar-refractivity contribution in [2.24, 2.45) is 0 Å². The molecule has 0 unspecified atom stereocenters. The van der Waals surface area contributed by atoms with Gasteiger partial charge in [-0.3, -0.25) is 14.5 Å². The highest BCUT2D eigenvalue weighted by Crippen LogP contribution is 2.25. The van der Waals surface area contributed by atoms with Crippen molar-refractivity contribution in [2.45, 2.75) is 32.9 Å². The average molecular weight is 411 g/mol. The van der Waals surface area contributed by atoms with Crippen molar-refractivity contribution in [3.63, 3.8) is 0 Å². The van der Waals surface area contributed by atoms with Gasteiger partial charge in [0.2, 0.25) is 5.91 Å².